The zero-order valence-electron chi connectivity index (χ0n) is 15.4. The average Bonchev–Trinajstić information content (AvgIpc) is 2.68. The monoisotopic (exact) mass is 368 g/mol. The number of amides is 1. The van der Waals surface area contributed by atoms with Crippen LogP contribution in [0, 0.1) is 5.92 Å². The minimum absolute atomic E-state index is 0.0795. The van der Waals surface area contributed by atoms with E-state index in [0.717, 1.165) is 23.2 Å². The Morgan fingerprint density at radius 3 is 2.59 bits per heavy atom. The number of anilines is 1. The molecule has 1 aliphatic heterocycles. The van der Waals surface area contributed by atoms with E-state index in [1.54, 1.807) is 18.2 Å². The number of fused-ring (bicyclic) bond motifs is 1. The second-order valence-corrected chi connectivity index (χ2v) is 6.81. The fraction of sp³-hybridized carbons (Fsp3) is 0.333. The Kier molecular flexibility index (Phi) is 5.64. The van der Waals surface area contributed by atoms with E-state index in [-0.39, 0.29) is 30.2 Å². The second kappa shape index (κ2) is 8.12. The normalized spacial score (nSPS) is 20.9. The number of alkyl carbamates (subject to hydrolysis) is 1. The van der Waals surface area contributed by atoms with Gasteiger partial charge in [-0.2, -0.15) is 0 Å². The molecule has 3 atom stereocenters. The Hall–Kier alpha value is -3.02. The molecule has 2 aromatic rings. The van der Waals surface area contributed by atoms with Crippen LogP contribution in [0.2, 0.25) is 0 Å². The van der Waals surface area contributed by atoms with Crippen LogP contribution in [0.1, 0.15) is 47.8 Å². The van der Waals surface area contributed by atoms with Crippen molar-refractivity contribution in [1.29, 1.82) is 0 Å². The van der Waals surface area contributed by atoms with Crippen LogP contribution in [0.3, 0.4) is 0 Å². The van der Waals surface area contributed by atoms with Crippen LogP contribution in [0.5, 0.6) is 0 Å². The fourth-order valence-corrected chi connectivity index (χ4v) is 3.51. The van der Waals surface area contributed by atoms with Gasteiger partial charge in [-0.3, -0.25) is 0 Å². The molecule has 0 saturated carbocycles. The van der Waals surface area contributed by atoms with Gasteiger partial charge in [0, 0.05) is 17.6 Å². The predicted octanol–water partition coefficient (Wildman–Crippen LogP) is 4.19. The Balaban J connectivity index is 1.79. The molecule has 1 amide bonds. The van der Waals surface area contributed by atoms with Crippen molar-refractivity contribution in [3.8, 4) is 0 Å². The molecule has 0 aromatic heterocycles. The lowest BCUT2D eigenvalue weighted by Gasteiger charge is -2.39. The van der Waals surface area contributed by atoms with Gasteiger partial charge >= 0.3 is 12.1 Å². The van der Waals surface area contributed by atoms with E-state index in [9.17, 15) is 14.7 Å². The van der Waals surface area contributed by atoms with Gasteiger partial charge < -0.3 is 20.5 Å². The summed E-state index contributed by atoms with van der Waals surface area (Å²) >= 11 is 0. The molecule has 2 aromatic carbocycles. The van der Waals surface area contributed by atoms with E-state index >= 15 is 0 Å². The first-order valence-electron chi connectivity index (χ1n) is 9.10. The molecule has 1 heterocycles. The maximum absolute atomic E-state index is 12.4. The predicted molar refractivity (Wildman–Crippen MR) is 103 cm³/mol. The zero-order valence-corrected chi connectivity index (χ0v) is 15.4. The first-order valence-corrected chi connectivity index (χ1v) is 9.10. The lowest BCUT2D eigenvalue weighted by atomic mass is 9.82. The van der Waals surface area contributed by atoms with Gasteiger partial charge in [0.2, 0.25) is 0 Å². The summed E-state index contributed by atoms with van der Waals surface area (Å²) in [7, 11) is 0. The summed E-state index contributed by atoms with van der Waals surface area (Å²) in [5, 5.41) is 15.7. The van der Waals surface area contributed by atoms with Crippen LogP contribution in [0.15, 0.2) is 48.5 Å². The lowest BCUT2D eigenvalue weighted by Crippen LogP contribution is -2.43. The van der Waals surface area contributed by atoms with Crippen molar-refractivity contribution in [2.75, 3.05) is 5.32 Å². The Morgan fingerprint density at radius 2 is 1.93 bits per heavy atom. The minimum Gasteiger partial charge on any atom is -0.478 e. The zero-order chi connectivity index (χ0) is 19.4. The third kappa shape index (κ3) is 4.22. The van der Waals surface area contributed by atoms with Crippen LogP contribution in [-0.4, -0.2) is 23.2 Å². The van der Waals surface area contributed by atoms with Gasteiger partial charge in [0.1, 0.15) is 6.61 Å². The SMILES string of the molecule is CCC1Nc2ccc(C(=O)O)cc2C(NC(=O)OCc2ccccc2)C1C. The Morgan fingerprint density at radius 1 is 1.19 bits per heavy atom. The van der Waals surface area contributed by atoms with Crippen LogP contribution < -0.4 is 10.6 Å². The van der Waals surface area contributed by atoms with Gasteiger partial charge in [-0.1, -0.05) is 44.2 Å². The molecule has 142 valence electrons. The summed E-state index contributed by atoms with van der Waals surface area (Å²) < 4.78 is 5.35. The number of carboxylic acids is 1. The Labute approximate surface area is 158 Å². The van der Waals surface area contributed by atoms with Crippen LogP contribution in [0.25, 0.3) is 0 Å². The number of benzene rings is 2. The van der Waals surface area contributed by atoms with Gasteiger partial charge in [0.25, 0.3) is 0 Å². The number of carbonyl (C=O) groups excluding carboxylic acids is 1. The van der Waals surface area contributed by atoms with Crippen molar-refractivity contribution < 1.29 is 19.4 Å². The van der Waals surface area contributed by atoms with Crippen LogP contribution in [0.4, 0.5) is 10.5 Å². The van der Waals surface area contributed by atoms with Gasteiger partial charge in [-0.15, -0.1) is 0 Å². The van der Waals surface area contributed by atoms with Crippen molar-refractivity contribution in [1.82, 2.24) is 5.32 Å². The lowest BCUT2D eigenvalue weighted by molar-refractivity contribution is 0.0696. The number of carbonyl (C=O) groups is 2. The quantitative estimate of drug-likeness (QED) is 0.736. The van der Waals surface area contributed by atoms with Gasteiger partial charge in [0.15, 0.2) is 0 Å². The number of hydrogen-bond acceptors (Lipinski definition) is 4. The first-order chi connectivity index (χ1) is 13.0. The largest absolute Gasteiger partial charge is 0.478 e. The molecule has 0 bridgehead atoms. The summed E-state index contributed by atoms with van der Waals surface area (Å²) in [6, 6.07) is 14.3. The van der Waals surface area contributed by atoms with E-state index in [2.05, 4.69) is 17.6 Å². The van der Waals surface area contributed by atoms with Crippen LogP contribution in [-0.2, 0) is 11.3 Å². The smallest absolute Gasteiger partial charge is 0.407 e. The molecular formula is C21H24N2O4. The topological polar surface area (TPSA) is 87.7 Å². The molecule has 0 saturated heterocycles. The summed E-state index contributed by atoms with van der Waals surface area (Å²) in [4.78, 5) is 23.7. The summed E-state index contributed by atoms with van der Waals surface area (Å²) in [6.45, 7) is 4.31. The number of carboxylic acid groups (broad SMARTS) is 1. The van der Waals surface area contributed by atoms with Crippen molar-refractivity contribution >= 4 is 17.7 Å². The van der Waals surface area contributed by atoms with E-state index < -0.39 is 12.1 Å². The molecule has 0 radical (unpaired) electrons. The number of hydrogen-bond donors (Lipinski definition) is 3. The molecule has 0 fully saturated rings. The second-order valence-electron chi connectivity index (χ2n) is 6.81. The van der Waals surface area contributed by atoms with E-state index in [4.69, 9.17) is 4.74 Å². The standard InChI is InChI=1S/C21H24N2O4/c1-3-17-13(2)19(16-11-15(20(24)25)9-10-18(16)22-17)23-21(26)27-12-14-7-5-4-6-8-14/h4-11,13,17,19,22H,3,12H2,1-2H3,(H,23,26)(H,24,25). The molecule has 0 spiro atoms. The molecule has 3 rings (SSSR count). The highest BCUT2D eigenvalue weighted by molar-refractivity contribution is 5.89. The van der Waals surface area contributed by atoms with Gasteiger partial charge in [-0.25, -0.2) is 9.59 Å². The first kappa shape index (κ1) is 18.8. The molecule has 3 N–H and O–H groups in total. The highest BCUT2D eigenvalue weighted by Crippen LogP contribution is 2.38. The maximum Gasteiger partial charge on any atom is 0.407 e. The van der Waals surface area contributed by atoms with Gasteiger partial charge in [0.05, 0.1) is 11.6 Å². The number of aromatic carboxylic acids is 1. The summed E-state index contributed by atoms with van der Waals surface area (Å²) in [6.07, 6.45) is 0.373. The van der Waals surface area contributed by atoms with E-state index in [1.165, 1.54) is 0 Å². The van der Waals surface area contributed by atoms with Crippen molar-refractivity contribution in [2.24, 2.45) is 5.92 Å². The molecule has 0 aliphatic carbocycles. The maximum atomic E-state index is 12.4. The highest BCUT2D eigenvalue weighted by Gasteiger charge is 2.34. The van der Waals surface area contributed by atoms with E-state index in [0.29, 0.717) is 0 Å². The number of rotatable bonds is 5. The molecule has 6 nitrogen and oxygen atoms in total. The fourth-order valence-electron chi connectivity index (χ4n) is 3.51. The molecule has 3 unspecified atom stereocenters. The average molecular weight is 368 g/mol. The third-order valence-corrected chi connectivity index (χ3v) is 5.06. The molecule has 1 aliphatic rings. The number of ether oxygens (including phenoxy) is 1. The third-order valence-electron chi connectivity index (χ3n) is 5.06. The van der Waals surface area contributed by atoms with Crippen LogP contribution >= 0.6 is 0 Å². The van der Waals surface area contributed by atoms with Crippen molar-refractivity contribution in [3.05, 3.63) is 65.2 Å². The minimum atomic E-state index is -0.992. The van der Waals surface area contributed by atoms with Crippen molar-refractivity contribution in [3.63, 3.8) is 0 Å². The van der Waals surface area contributed by atoms with E-state index in [1.807, 2.05) is 37.3 Å². The Bertz CT molecular complexity index is 822. The highest BCUT2D eigenvalue weighted by atomic mass is 16.5. The summed E-state index contributed by atoms with van der Waals surface area (Å²) in [5.74, 6) is -0.913. The van der Waals surface area contributed by atoms with Crippen molar-refractivity contribution in [2.45, 2.75) is 39.0 Å². The number of nitrogens with one attached hydrogen (secondary N) is 2. The summed E-state index contributed by atoms with van der Waals surface area (Å²) in [5.41, 5.74) is 2.72. The molecular weight excluding hydrogens is 344 g/mol. The molecule has 6 heteroatoms. The molecule has 27 heavy (non-hydrogen) atoms. The van der Waals surface area contributed by atoms with Gasteiger partial charge in [-0.05, 0) is 35.7 Å².